The third-order valence-corrected chi connectivity index (χ3v) is 3.32. The van der Waals surface area contributed by atoms with E-state index in [-0.39, 0.29) is 0 Å². The first-order valence-corrected chi connectivity index (χ1v) is 6.40. The number of nitrogens with zero attached hydrogens (tertiary/aromatic N) is 1. The van der Waals surface area contributed by atoms with Crippen molar-refractivity contribution in [2.24, 2.45) is 0 Å². The molecule has 0 unspecified atom stereocenters. The minimum absolute atomic E-state index is 0.726. The molecule has 1 aliphatic heterocycles. The maximum absolute atomic E-state index is 10.4. The highest BCUT2D eigenvalue weighted by Gasteiger charge is 2.09. The quantitative estimate of drug-likeness (QED) is 0.790. The number of carbonyl (C=O) groups excluding carboxylic acids is 1. The zero-order valence-electron chi connectivity index (χ0n) is 10.2. The Morgan fingerprint density at radius 2 is 2.06 bits per heavy atom. The van der Waals surface area contributed by atoms with Crippen molar-refractivity contribution in [3.05, 3.63) is 29.8 Å². The third-order valence-electron chi connectivity index (χ3n) is 3.32. The number of amides is 1. The van der Waals surface area contributed by atoms with E-state index in [4.69, 9.17) is 0 Å². The molecule has 0 atom stereocenters. The fraction of sp³-hybridized carbons (Fsp3) is 0.500. The van der Waals surface area contributed by atoms with Crippen molar-refractivity contribution in [3.63, 3.8) is 0 Å². The average Bonchev–Trinajstić information content (AvgIpc) is 2.39. The van der Waals surface area contributed by atoms with Crippen molar-refractivity contribution >= 4 is 12.1 Å². The SMILES string of the molecule is O=CNc1cccc(CCN2CCCCC2)c1. The van der Waals surface area contributed by atoms with Gasteiger partial charge in [0.2, 0.25) is 6.41 Å². The van der Waals surface area contributed by atoms with E-state index in [1.165, 1.54) is 37.9 Å². The first kappa shape index (κ1) is 12.1. The van der Waals surface area contributed by atoms with Gasteiger partial charge >= 0.3 is 0 Å². The lowest BCUT2D eigenvalue weighted by atomic mass is 10.1. The maximum atomic E-state index is 10.4. The lowest BCUT2D eigenvalue weighted by Crippen LogP contribution is -2.31. The van der Waals surface area contributed by atoms with E-state index >= 15 is 0 Å². The van der Waals surface area contributed by atoms with Crippen LogP contribution in [0.3, 0.4) is 0 Å². The lowest BCUT2D eigenvalue weighted by molar-refractivity contribution is -0.105. The van der Waals surface area contributed by atoms with Gasteiger partial charge in [0.1, 0.15) is 0 Å². The number of anilines is 1. The molecule has 1 fully saturated rings. The summed E-state index contributed by atoms with van der Waals surface area (Å²) in [7, 11) is 0. The van der Waals surface area contributed by atoms with Gasteiger partial charge < -0.3 is 10.2 Å². The topological polar surface area (TPSA) is 32.3 Å². The Labute approximate surface area is 103 Å². The van der Waals surface area contributed by atoms with Crippen molar-refractivity contribution < 1.29 is 4.79 Å². The molecule has 1 heterocycles. The normalized spacial score (nSPS) is 16.7. The highest BCUT2D eigenvalue weighted by Crippen LogP contribution is 2.13. The largest absolute Gasteiger partial charge is 0.329 e. The predicted molar refractivity (Wildman–Crippen MR) is 70.1 cm³/mol. The van der Waals surface area contributed by atoms with Gasteiger partial charge in [-0.15, -0.1) is 0 Å². The second kappa shape index (κ2) is 6.40. The van der Waals surface area contributed by atoms with Crippen LogP contribution >= 0.6 is 0 Å². The fourth-order valence-corrected chi connectivity index (χ4v) is 2.35. The second-order valence-electron chi connectivity index (χ2n) is 4.61. The number of hydrogen-bond donors (Lipinski definition) is 1. The molecular weight excluding hydrogens is 212 g/mol. The summed E-state index contributed by atoms with van der Waals surface area (Å²) in [5.41, 5.74) is 2.18. The molecule has 92 valence electrons. The Morgan fingerprint density at radius 1 is 1.24 bits per heavy atom. The molecule has 3 heteroatoms. The van der Waals surface area contributed by atoms with Crippen LogP contribution in [0.1, 0.15) is 24.8 Å². The summed E-state index contributed by atoms with van der Waals surface area (Å²) in [6.45, 7) is 3.61. The van der Waals surface area contributed by atoms with Crippen LogP contribution in [0.5, 0.6) is 0 Å². The van der Waals surface area contributed by atoms with Crippen LogP contribution in [0.15, 0.2) is 24.3 Å². The van der Waals surface area contributed by atoms with Gasteiger partial charge in [0.15, 0.2) is 0 Å². The van der Waals surface area contributed by atoms with Gasteiger partial charge in [-0.05, 0) is 50.0 Å². The van der Waals surface area contributed by atoms with E-state index in [0.717, 1.165) is 25.1 Å². The summed E-state index contributed by atoms with van der Waals surface area (Å²) < 4.78 is 0. The first-order chi connectivity index (χ1) is 8.38. The molecule has 0 spiro atoms. The van der Waals surface area contributed by atoms with Crippen LogP contribution in [0, 0.1) is 0 Å². The molecule has 17 heavy (non-hydrogen) atoms. The van der Waals surface area contributed by atoms with Gasteiger partial charge in [0, 0.05) is 12.2 Å². The van der Waals surface area contributed by atoms with Gasteiger partial charge in [-0.1, -0.05) is 18.6 Å². The molecule has 0 radical (unpaired) electrons. The molecule has 1 aliphatic rings. The van der Waals surface area contributed by atoms with Crippen LogP contribution in [-0.2, 0) is 11.2 Å². The summed E-state index contributed by atoms with van der Waals surface area (Å²) in [5, 5.41) is 2.69. The third kappa shape index (κ3) is 3.86. The van der Waals surface area contributed by atoms with Crippen molar-refractivity contribution in [2.45, 2.75) is 25.7 Å². The maximum Gasteiger partial charge on any atom is 0.211 e. The molecule has 2 rings (SSSR count). The van der Waals surface area contributed by atoms with Crippen molar-refractivity contribution in [1.82, 2.24) is 4.90 Å². The predicted octanol–water partition coefficient (Wildman–Crippen LogP) is 2.28. The summed E-state index contributed by atoms with van der Waals surface area (Å²) in [5.74, 6) is 0. The molecule has 1 aromatic carbocycles. The monoisotopic (exact) mass is 232 g/mol. The Morgan fingerprint density at radius 3 is 2.82 bits per heavy atom. The molecule has 1 aromatic rings. The van der Waals surface area contributed by atoms with E-state index < -0.39 is 0 Å². The van der Waals surface area contributed by atoms with Crippen LogP contribution in [-0.4, -0.2) is 30.9 Å². The van der Waals surface area contributed by atoms with Gasteiger partial charge in [0.05, 0.1) is 0 Å². The zero-order chi connectivity index (χ0) is 11.9. The van der Waals surface area contributed by atoms with E-state index in [2.05, 4.69) is 22.3 Å². The zero-order valence-corrected chi connectivity index (χ0v) is 10.2. The number of rotatable bonds is 5. The van der Waals surface area contributed by atoms with Gasteiger partial charge in [-0.2, -0.15) is 0 Å². The first-order valence-electron chi connectivity index (χ1n) is 6.40. The summed E-state index contributed by atoms with van der Waals surface area (Å²) in [6.07, 6.45) is 5.85. The molecule has 1 amide bonds. The van der Waals surface area contributed by atoms with Crippen LogP contribution in [0.4, 0.5) is 5.69 Å². The van der Waals surface area contributed by atoms with Gasteiger partial charge in [-0.3, -0.25) is 4.79 Å². The van der Waals surface area contributed by atoms with Gasteiger partial charge in [0.25, 0.3) is 0 Å². The molecule has 0 aromatic heterocycles. The Kier molecular flexibility index (Phi) is 4.56. The molecule has 0 saturated carbocycles. The molecular formula is C14H20N2O. The minimum Gasteiger partial charge on any atom is -0.329 e. The number of likely N-dealkylation sites (tertiary alicyclic amines) is 1. The van der Waals surface area contributed by atoms with Gasteiger partial charge in [-0.25, -0.2) is 0 Å². The van der Waals surface area contributed by atoms with E-state index in [9.17, 15) is 4.79 Å². The fourth-order valence-electron chi connectivity index (χ4n) is 2.35. The van der Waals surface area contributed by atoms with Crippen molar-refractivity contribution in [1.29, 1.82) is 0 Å². The lowest BCUT2D eigenvalue weighted by Gasteiger charge is -2.26. The summed E-state index contributed by atoms with van der Waals surface area (Å²) in [6, 6.07) is 8.09. The van der Waals surface area contributed by atoms with E-state index in [1.54, 1.807) is 0 Å². The highest BCUT2D eigenvalue weighted by molar-refractivity contribution is 5.71. The number of piperidine rings is 1. The smallest absolute Gasteiger partial charge is 0.211 e. The number of benzene rings is 1. The number of carbonyl (C=O) groups is 1. The second-order valence-corrected chi connectivity index (χ2v) is 4.61. The highest BCUT2D eigenvalue weighted by atomic mass is 16.1. The number of nitrogens with one attached hydrogen (secondary N) is 1. The standard InChI is InChI=1S/C14H20N2O/c17-12-15-14-6-4-5-13(11-14)7-10-16-8-2-1-3-9-16/h4-6,11-12H,1-3,7-10H2,(H,15,17). The number of hydrogen-bond acceptors (Lipinski definition) is 2. The van der Waals surface area contributed by atoms with Crippen LogP contribution in [0.2, 0.25) is 0 Å². The van der Waals surface area contributed by atoms with Crippen molar-refractivity contribution in [3.8, 4) is 0 Å². The Bertz CT molecular complexity index is 359. The van der Waals surface area contributed by atoms with Crippen molar-refractivity contribution in [2.75, 3.05) is 25.0 Å². The van der Waals surface area contributed by atoms with Crippen LogP contribution < -0.4 is 5.32 Å². The molecule has 1 saturated heterocycles. The van der Waals surface area contributed by atoms with Crippen LogP contribution in [0.25, 0.3) is 0 Å². The van der Waals surface area contributed by atoms with E-state index in [0.29, 0.717) is 0 Å². The Hall–Kier alpha value is -1.35. The average molecular weight is 232 g/mol. The summed E-state index contributed by atoms with van der Waals surface area (Å²) in [4.78, 5) is 12.9. The molecule has 0 bridgehead atoms. The Balaban J connectivity index is 1.84. The molecule has 0 aliphatic carbocycles. The summed E-state index contributed by atoms with van der Waals surface area (Å²) >= 11 is 0. The molecule has 1 N–H and O–H groups in total. The molecule has 3 nitrogen and oxygen atoms in total. The van der Waals surface area contributed by atoms with E-state index in [1.807, 2.05) is 12.1 Å². The minimum atomic E-state index is 0.726.